The molecule has 0 atom stereocenters. The number of carbonyl (C=O) groups excluding carboxylic acids is 1. The van der Waals surface area contributed by atoms with Crippen molar-refractivity contribution >= 4 is 44.7 Å². The van der Waals surface area contributed by atoms with Crippen LogP contribution >= 0.6 is 15.9 Å². The van der Waals surface area contributed by atoms with Crippen molar-refractivity contribution in [3.8, 4) is 0 Å². The maximum atomic E-state index is 11.9. The largest absolute Gasteiger partial charge is 0.289 e. The van der Waals surface area contributed by atoms with Gasteiger partial charge in [-0.25, -0.2) is 0 Å². The molecule has 3 rings (SSSR count). The Morgan fingerprint density at radius 1 is 0.952 bits per heavy atom. The van der Waals surface area contributed by atoms with Crippen LogP contribution in [0.5, 0.6) is 0 Å². The van der Waals surface area contributed by atoms with E-state index >= 15 is 0 Å². The molecule has 0 aromatic heterocycles. The summed E-state index contributed by atoms with van der Waals surface area (Å²) in [5.74, 6) is -0.299. The van der Waals surface area contributed by atoms with Crippen molar-refractivity contribution in [3.05, 3.63) is 65.7 Å². The molecule has 8 heteroatoms. The van der Waals surface area contributed by atoms with Crippen molar-refractivity contribution in [1.29, 1.82) is 0 Å². The van der Waals surface area contributed by atoms with E-state index in [0.717, 1.165) is 6.07 Å². The third-order valence-corrected chi connectivity index (χ3v) is 3.67. The summed E-state index contributed by atoms with van der Waals surface area (Å²) < 4.78 is 0.500. The van der Waals surface area contributed by atoms with E-state index in [4.69, 9.17) is 0 Å². The summed E-state index contributed by atoms with van der Waals surface area (Å²) in [6, 6.07) is 2.14. The van der Waals surface area contributed by atoms with Crippen molar-refractivity contribution in [1.82, 2.24) is 0 Å². The second kappa shape index (κ2) is 4.45. The van der Waals surface area contributed by atoms with Crippen LogP contribution in [0.2, 0.25) is 0 Å². The monoisotopic (exact) mass is 348 g/mol. The number of rotatable bonds is 2. The lowest BCUT2D eigenvalue weighted by Crippen LogP contribution is -2.04. The predicted octanol–water partition coefficient (Wildman–Crippen LogP) is 3.14. The molecular weight excluding hydrogens is 344 g/mol. The first-order valence-electron chi connectivity index (χ1n) is 5.71. The Kier molecular flexibility index (Phi) is 2.84. The van der Waals surface area contributed by atoms with E-state index in [2.05, 4.69) is 15.9 Å². The minimum absolute atomic E-state index is 0.235. The molecule has 1 aromatic rings. The highest BCUT2D eigenvalue weighted by Crippen LogP contribution is 2.45. The molecule has 0 spiro atoms. The molecule has 0 unspecified atom stereocenters. The number of carbonyl (C=O) groups is 1. The second-order valence-electron chi connectivity index (χ2n) is 4.45. The number of fused-ring (bicyclic) bond motifs is 3. The van der Waals surface area contributed by atoms with E-state index in [9.17, 15) is 25.0 Å². The smallest absolute Gasteiger partial charge is 0.284 e. The molecule has 0 bridgehead atoms. The Hall–Kier alpha value is -2.61. The molecule has 0 radical (unpaired) electrons. The van der Waals surface area contributed by atoms with Crippen molar-refractivity contribution in [3.63, 3.8) is 0 Å². The highest BCUT2D eigenvalue weighted by atomic mass is 79.9. The van der Waals surface area contributed by atoms with Gasteiger partial charge in [0.1, 0.15) is 0 Å². The lowest BCUT2D eigenvalue weighted by molar-refractivity contribution is -0.394. The van der Waals surface area contributed by atoms with E-state index in [0.29, 0.717) is 21.2 Å². The number of non-ortho nitro benzene ring substituents is 1. The number of ketones is 1. The average Bonchev–Trinajstić information content (AvgIpc) is 2.76. The molecule has 0 heterocycles. The Morgan fingerprint density at radius 2 is 1.67 bits per heavy atom. The Balaban J connectivity index is 2.33. The molecular formula is C13H5BrN2O5. The molecule has 2 aliphatic rings. The number of hydrogen-bond donors (Lipinski definition) is 0. The van der Waals surface area contributed by atoms with Gasteiger partial charge in [0.2, 0.25) is 0 Å². The molecule has 0 saturated heterocycles. The number of benzene rings is 1. The molecule has 7 nitrogen and oxygen atoms in total. The van der Waals surface area contributed by atoms with Crippen LogP contribution in [-0.4, -0.2) is 15.6 Å². The SMILES string of the molecule is O=C1C=C(Br)C=C2C1=Cc1cc([N+](=O)[O-])cc([N+](=O)[O-])c12. The van der Waals surface area contributed by atoms with E-state index in [1.165, 1.54) is 18.2 Å². The summed E-state index contributed by atoms with van der Waals surface area (Å²) >= 11 is 3.17. The van der Waals surface area contributed by atoms with Gasteiger partial charge in [-0.1, -0.05) is 15.9 Å². The first-order chi connectivity index (χ1) is 9.88. The van der Waals surface area contributed by atoms with E-state index in [-0.39, 0.29) is 22.7 Å². The summed E-state index contributed by atoms with van der Waals surface area (Å²) in [5, 5.41) is 22.1. The van der Waals surface area contributed by atoms with Crippen LogP contribution in [-0.2, 0) is 4.79 Å². The Bertz CT molecular complexity index is 835. The maximum Gasteiger partial charge on any atom is 0.284 e. The molecule has 104 valence electrons. The van der Waals surface area contributed by atoms with Gasteiger partial charge in [-0.05, 0) is 17.7 Å². The van der Waals surface area contributed by atoms with Gasteiger partial charge < -0.3 is 0 Å². The van der Waals surface area contributed by atoms with Crippen LogP contribution in [0, 0.1) is 20.2 Å². The van der Waals surface area contributed by atoms with Crippen LogP contribution < -0.4 is 0 Å². The van der Waals surface area contributed by atoms with Gasteiger partial charge in [0.25, 0.3) is 11.4 Å². The maximum absolute atomic E-state index is 11.9. The fourth-order valence-corrected chi connectivity index (χ4v) is 2.83. The van der Waals surface area contributed by atoms with Crippen LogP contribution in [0.3, 0.4) is 0 Å². The number of nitro benzene ring substituents is 2. The zero-order valence-corrected chi connectivity index (χ0v) is 11.8. The predicted molar refractivity (Wildman–Crippen MR) is 77.7 cm³/mol. The van der Waals surface area contributed by atoms with Crippen LogP contribution in [0.4, 0.5) is 11.4 Å². The van der Waals surface area contributed by atoms with Crippen molar-refractivity contribution in [2.75, 3.05) is 0 Å². The fourth-order valence-electron chi connectivity index (χ4n) is 2.39. The van der Waals surface area contributed by atoms with Gasteiger partial charge in [0.15, 0.2) is 5.78 Å². The number of nitro groups is 2. The van der Waals surface area contributed by atoms with Gasteiger partial charge >= 0.3 is 0 Å². The topological polar surface area (TPSA) is 103 Å². The Labute approximate surface area is 125 Å². The van der Waals surface area contributed by atoms with Gasteiger partial charge in [-0.3, -0.25) is 25.0 Å². The Morgan fingerprint density at radius 3 is 2.29 bits per heavy atom. The summed E-state index contributed by atoms with van der Waals surface area (Å²) in [5.41, 5.74) is 0.491. The number of hydrogen-bond acceptors (Lipinski definition) is 5. The number of allylic oxidation sites excluding steroid dienone is 5. The second-order valence-corrected chi connectivity index (χ2v) is 5.37. The number of nitrogens with zero attached hydrogens (tertiary/aromatic N) is 2. The van der Waals surface area contributed by atoms with E-state index in [1.807, 2.05) is 0 Å². The van der Waals surface area contributed by atoms with Gasteiger partial charge in [0, 0.05) is 27.8 Å². The van der Waals surface area contributed by atoms with Gasteiger partial charge in [-0.2, -0.15) is 0 Å². The highest BCUT2D eigenvalue weighted by molar-refractivity contribution is 9.11. The van der Waals surface area contributed by atoms with E-state index < -0.39 is 9.85 Å². The fraction of sp³-hybridized carbons (Fsp3) is 0. The zero-order valence-electron chi connectivity index (χ0n) is 10.2. The molecule has 21 heavy (non-hydrogen) atoms. The minimum Gasteiger partial charge on any atom is -0.289 e. The van der Waals surface area contributed by atoms with Crippen LogP contribution in [0.1, 0.15) is 11.1 Å². The molecule has 0 N–H and O–H groups in total. The molecule has 0 amide bonds. The molecule has 0 saturated carbocycles. The molecule has 1 aromatic carbocycles. The third kappa shape index (κ3) is 2.00. The number of halogens is 1. The lowest BCUT2D eigenvalue weighted by atomic mass is 9.95. The summed E-state index contributed by atoms with van der Waals surface area (Å²) in [4.78, 5) is 32.6. The standard InChI is InChI=1S/C13H5BrN2O5/c14-7-3-10-9(12(17)4-7)2-6-1-8(15(18)19)5-11(13(6)10)16(20)21/h1-5H. The summed E-state index contributed by atoms with van der Waals surface area (Å²) in [6.07, 6.45) is 4.39. The summed E-state index contributed by atoms with van der Waals surface area (Å²) in [6.45, 7) is 0. The van der Waals surface area contributed by atoms with Crippen molar-refractivity contribution in [2.45, 2.75) is 0 Å². The minimum atomic E-state index is -0.696. The first-order valence-corrected chi connectivity index (χ1v) is 6.50. The van der Waals surface area contributed by atoms with Gasteiger partial charge in [0.05, 0.1) is 21.5 Å². The zero-order chi connectivity index (χ0) is 15.3. The normalized spacial score (nSPS) is 15.7. The molecule has 2 aliphatic carbocycles. The van der Waals surface area contributed by atoms with E-state index in [1.54, 1.807) is 6.08 Å². The van der Waals surface area contributed by atoms with Crippen molar-refractivity contribution in [2.24, 2.45) is 0 Å². The molecule has 0 fully saturated rings. The summed E-state index contributed by atoms with van der Waals surface area (Å²) in [7, 11) is 0. The average molecular weight is 349 g/mol. The molecule has 0 aliphatic heterocycles. The van der Waals surface area contributed by atoms with Crippen LogP contribution in [0.25, 0.3) is 11.6 Å². The highest BCUT2D eigenvalue weighted by Gasteiger charge is 2.34. The quantitative estimate of drug-likeness (QED) is 0.603. The lowest BCUT2D eigenvalue weighted by Gasteiger charge is -2.09. The van der Waals surface area contributed by atoms with Crippen LogP contribution in [0.15, 0.2) is 34.3 Å². The van der Waals surface area contributed by atoms with Crippen molar-refractivity contribution < 1.29 is 14.6 Å². The third-order valence-electron chi connectivity index (χ3n) is 3.22. The first kappa shape index (κ1) is 13.4. The van der Waals surface area contributed by atoms with Gasteiger partial charge in [-0.15, -0.1) is 0 Å².